The van der Waals surface area contributed by atoms with E-state index in [-0.39, 0.29) is 36.1 Å². The van der Waals surface area contributed by atoms with Crippen molar-refractivity contribution in [1.82, 2.24) is 15.2 Å². The number of oxazole rings is 1. The molecule has 6 heteroatoms. The van der Waals surface area contributed by atoms with Crippen LogP contribution in [0.5, 0.6) is 0 Å². The highest BCUT2D eigenvalue weighted by molar-refractivity contribution is 5.95. The van der Waals surface area contributed by atoms with E-state index >= 15 is 0 Å². The van der Waals surface area contributed by atoms with Gasteiger partial charge in [-0.25, -0.2) is 4.98 Å². The first-order valence-corrected chi connectivity index (χ1v) is 10.4. The second-order valence-corrected chi connectivity index (χ2v) is 7.98. The van der Waals surface area contributed by atoms with E-state index in [1.165, 1.54) is 6.26 Å². The van der Waals surface area contributed by atoms with Gasteiger partial charge in [-0.05, 0) is 48.9 Å². The molecule has 1 N–H and O–H groups in total. The van der Waals surface area contributed by atoms with E-state index in [9.17, 15) is 9.59 Å². The molecule has 1 aromatic heterocycles. The average Bonchev–Trinajstić information content (AvgIpc) is 3.72. The summed E-state index contributed by atoms with van der Waals surface area (Å²) >= 11 is 0. The van der Waals surface area contributed by atoms with E-state index < -0.39 is 0 Å². The van der Waals surface area contributed by atoms with Crippen molar-refractivity contribution in [3.63, 3.8) is 0 Å². The van der Waals surface area contributed by atoms with Crippen LogP contribution in [0, 0.1) is 0 Å². The van der Waals surface area contributed by atoms with Gasteiger partial charge in [0.2, 0.25) is 5.89 Å². The minimum Gasteiger partial charge on any atom is -0.446 e. The maximum Gasteiger partial charge on any atom is 0.273 e. The van der Waals surface area contributed by atoms with Gasteiger partial charge in [0.05, 0.1) is 6.54 Å². The summed E-state index contributed by atoms with van der Waals surface area (Å²) in [5.74, 6) is 0.129. The van der Waals surface area contributed by atoms with Crippen LogP contribution in [0.25, 0.3) is 11.1 Å². The lowest BCUT2D eigenvalue weighted by atomic mass is 10.0. The largest absolute Gasteiger partial charge is 0.446 e. The molecule has 2 aliphatic rings. The summed E-state index contributed by atoms with van der Waals surface area (Å²) in [6, 6.07) is 18.2. The quantitative estimate of drug-likeness (QED) is 0.648. The molecular weight excluding hydrogens is 378 g/mol. The van der Waals surface area contributed by atoms with Gasteiger partial charge in [-0.1, -0.05) is 42.5 Å². The normalized spacial score (nSPS) is 15.6. The molecule has 2 fully saturated rings. The first-order valence-electron chi connectivity index (χ1n) is 10.4. The lowest BCUT2D eigenvalue weighted by Crippen LogP contribution is -2.32. The SMILES string of the molecule is O=C(NC1CC1)c1coc(CN(C(=O)c2ccc(-c3ccccc3)cc2)C2CC2)n1. The smallest absolute Gasteiger partial charge is 0.273 e. The van der Waals surface area contributed by atoms with Gasteiger partial charge in [-0.2, -0.15) is 0 Å². The number of rotatable bonds is 7. The van der Waals surface area contributed by atoms with Crippen LogP contribution < -0.4 is 5.32 Å². The number of amides is 2. The molecule has 0 saturated heterocycles. The van der Waals surface area contributed by atoms with Crippen LogP contribution in [0.3, 0.4) is 0 Å². The zero-order chi connectivity index (χ0) is 20.5. The number of carbonyl (C=O) groups excluding carboxylic acids is 2. The van der Waals surface area contributed by atoms with Crippen molar-refractivity contribution in [2.75, 3.05) is 0 Å². The third-order valence-electron chi connectivity index (χ3n) is 5.49. The highest BCUT2D eigenvalue weighted by Gasteiger charge is 2.34. The number of nitrogens with zero attached hydrogens (tertiary/aromatic N) is 2. The van der Waals surface area contributed by atoms with Crippen LogP contribution in [0.15, 0.2) is 65.3 Å². The number of hydrogen-bond acceptors (Lipinski definition) is 4. The highest BCUT2D eigenvalue weighted by atomic mass is 16.3. The fourth-order valence-electron chi connectivity index (χ4n) is 3.48. The second kappa shape index (κ2) is 7.78. The Morgan fingerprint density at radius 1 is 0.967 bits per heavy atom. The minimum atomic E-state index is -0.215. The molecule has 152 valence electrons. The standard InChI is InChI=1S/C24H23N3O3/c28-23(25-19-10-11-19)21-15-30-22(26-21)14-27(20-12-13-20)24(29)18-8-6-17(7-9-18)16-4-2-1-3-5-16/h1-9,15,19-20H,10-14H2,(H,25,28). The van der Waals surface area contributed by atoms with Gasteiger partial charge in [-0.15, -0.1) is 0 Å². The van der Waals surface area contributed by atoms with Crippen molar-refractivity contribution in [3.8, 4) is 11.1 Å². The molecule has 1 heterocycles. The molecule has 5 rings (SSSR count). The van der Waals surface area contributed by atoms with Crippen molar-refractivity contribution in [3.05, 3.63) is 78.0 Å². The van der Waals surface area contributed by atoms with Gasteiger partial charge < -0.3 is 14.6 Å². The van der Waals surface area contributed by atoms with Crippen molar-refractivity contribution in [1.29, 1.82) is 0 Å². The molecule has 0 atom stereocenters. The zero-order valence-electron chi connectivity index (χ0n) is 16.6. The van der Waals surface area contributed by atoms with Crippen LogP contribution in [0.4, 0.5) is 0 Å². The van der Waals surface area contributed by atoms with Crippen molar-refractivity contribution in [2.24, 2.45) is 0 Å². The van der Waals surface area contributed by atoms with E-state index in [0.717, 1.165) is 36.8 Å². The molecule has 6 nitrogen and oxygen atoms in total. The Bertz CT molecular complexity index is 1050. The topological polar surface area (TPSA) is 75.4 Å². The third-order valence-corrected chi connectivity index (χ3v) is 5.49. The van der Waals surface area contributed by atoms with Crippen LogP contribution in [-0.2, 0) is 6.54 Å². The monoisotopic (exact) mass is 401 g/mol. The molecule has 3 aromatic rings. The van der Waals surface area contributed by atoms with E-state index in [1.807, 2.05) is 54.6 Å². The van der Waals surface area contributed by atoms with E-state index in [1.54, 1.807) is 4.90 Å². The molecular formula is C24H23N3O3. The summed E-state index contributed by atoms with van der Waals surface area (Å²) in [5, 5.41) is 2.90. The molecule has 30 heavy (non-hydrogen) atoms. The van der Waals surface area contributed by atoms with Crippen molar-refractivity contribution >= 4 is 11.8 Å². The first-order chi connectivity index (χ1) is 14.7. The number of benzene rings is 2. The van der Waals surface area contributed by atoms with E-state index in [0.29, 0.717) is 11.5 Å². The van der Waals surface area contributed by atoms with Gasteiger partial charge >= 0.3 is 0 Å². The lowest BCUT2D eigenvalue weighted by Gasteiger charge is -2.21. The molecule has 2 aromatic carbocycles. The summed E-state index contributed by atoms with van der Waals surface area (Å²) in [6.45, 7) is 0.265. The lowest BCUT2D eigenvalue weighted by molar-refractivity contribution is 0.0714. The summed E-state index contributed by atoms with van der Waals surface area (Å²) in [7, 11) is 0. The van der Waals surface area contributed by atoms with Crippen LogP contribution in [0.2, 0.25) is 0 Å². The zero-order valence-corrected chi connectivity index (χ0v) is 16.6. The molecule has 2 saturated carbocycles. The van der Waals surface area contributed by atoms with Gasteiger partial charge in [0.15, 0.2) is 5.69 Å². The van der Waals surface area contributed by atoms with Gasteiger partial charge in [0.1, 0.15) is 6.26 Å². The number of hydrogen-bond donors (Lipinski definition) is 1. The Balaban J connectivity index is 1.29. The summed E-state index contributed by atoms with van der Waals surface area (Å²) in [5.41, 5.74) is 3.10. The third kappa shape index (κ3) is 4.13. The van der Waals surface area contributed by atoms with Crippen LogP contribution >= 0.6 is 0 Å². The maximum absolute atomic E-state index is 13.2. The first kappa shape index (κ1) is 18.6. The molecule has 2 amide bonds. The second-order valence-electron chi connectivity index (χ2n) is 7.98. The maximum atomic E-state index is 13.2. The van der Waals surface area contributed by atoms with Crippen molar-refractivity contribution in [2.45, 2.75) is 44.3 Å². The van der Waals surface area contributed by atoms with E-state index in [4.69, 9.17) is 4.42 Å². The van der Waals surface area contributed by atoms with E-state index in [2.05, 4.69) is 10.3 Å². The van der Waals surface area contributed by atoms with Crippen LogP contribution in [0.1, 0.15) is 52.4 Å². The van der Waals surface area contributed by atoms with Gasteiger partial charge in [0, 0.05) is 17.6 Å². The fraction of sp³-hybridized carbons (Fsp3) is 0.292. The molecule has 0 aliphatic heterocycles. The number of aromatic nitrogens is 1. The Morgan fingerprint density at radius 3 is 2.33 bits per heavy atom. The van der Waals surface area contributed by atoms with Gasteiger partial charge in [-0.3, -0.25) is 9.59 Å². The Morgan fingerprint density at radius 2 is 1.67 bits per heavy atom. The summed E-state index contributed by atoms with van der Waals surface area (Å²) < 4.78 is 5.49. The number of nitrogens with one attached hydrogen (secondary N) is 1. The predicted molar refractivity (Wildman–Crippen MR) is 112 cm³/mol. The molecule has 0 bridgehead atoms. The predicted octanol–water partition coefficient (Wildman–Crippen LogP) is 4.04. The molecule has 0 spiro atoms. The number of carbonyl (C=O) groups is 2. The van der Waals surface area contributed by atoms with Crippen molar-refractivity contribution < 1.29 is 14.0 Å². The molecule has 2 aliphatic carbocycles. The van der Waals surface area contributed by atoms with Crippen LogP contribution in [-0.4, -0.2) is 33.8 Å². The average molecular weight is 401 g/mol. The molecule has 0 unspecified atom stereocenters. The Labute approximate surface area is 174 Å². The summed E-state index contributed by atoms with van der Waals surface area (Å²) in [6.07, 6.45) is 5.36. The Hall–Kier alpha value is -3.41. The van der Waals surface area contributed by atoms with Gasteiger partial charge in [0.25, 0.3) is 11.8 Å². The molecule has 0 radical (unpaired) electrons. The fourth-order valence-corrected chi connectivity index (χ4v) is 3.48. The minimum absolute atomic E-state index is 0.0423. The Kier molecular flexibility index (Phi) is 4.83. The highest BCUT2D eigenvalue weighted by Crippen LogP contribution is 2.30. The summed E-state index contributed by atoms with van der Waals surface area (Å²) in [4.78, 5) is 31.4.